The van der Waals surface area contributed by atoms with Crippen LogP contribution in [-0.4, -0.2) is 54.7 Å². The van der Waals surface area contributed by atoms with E-state index in [1.807, 2.05) is 48.2 Å². The van der Waals surface area contributed by atoms with Crippen LogP contribution >= 0.6 is 0 Å². The number of hydrogen-bond acceptors (Lipinski definition) is 4. The van der Waals surface area contributed by atoms with E-state index in [9.17, 15) is 9.59 Å². The molecule has 0 aliphatic carbocycles. The van der Waals surface area contributed by atoms with Crippen molar-refractivity contribution in [2.75, 3.05) is 37.7 Å². The molecule has 0 aromatic heterocycles. The molecule has 0 radical (unpaired) electrons. The molecule has 0 saturated carbocycles. The van der Waals surface area contributed by atoms with Gasteiger partial charge in [0, 0.05) is 31.9 Å². The summed E-state index contributed by atoms with van der Waals surface area (Å²) >= 11 is 0. The minimum atomic E-state index is -0.926. The molecule has 27 heavy (non-hydrogen) atoms. The van der Waals surface area contributed by atoms with Crippen molar-refractivity contribution in [3.8, 4) is 5.75 Å². The lowest BCUT2D eigenvalue weighted by Gasteiger charge is -2.36. The van der Waals surface area contributed by atoms with Gasteiger partial charge in [0.1, 0.15) is 5.75 Å². The molecule has 1 heterocycles. The van der Waals surface area contributed by atoms with Crippen molar-refractivity contribution in [1.82, 2.24) is 4.90 Å². The molecule has 1 amide bonds. The summed E-state index contributed by atoms with van der Waals surface area (Å²) in [5.74, 6) is -0.00531. The number of ether oxygens (including phenoxy) is 1. The second-order valence-corrected chi connectivity index (χ2v) is 6.58. The Morgan fingerprint density at radius 2 is 1.67 bits per heavy atom. The molecule has 6 nitrogen and oxygen atoms in total. The number of nitrogens with zero attached hydrogens (tertiary/aromatic N) is 2. The van der Waals surface area contributed by atoms with Crippen LogP contribution in [0.2, 0.25) is 0 Å². The van der Waals surface area contributed by atoms with Gasteiger partial charge in [0.25, 0.3) is 0 Å². The highest BCUT2D eigenvalue weighted by molar-refractivity contribution is 5.88. The van der Waals surface area contributed by atoms with Crippen LogP contribution < -0.4 is 9.64 Å². The van der Waals surface area contributed by atoms with Gasteiger partial charge >= 0.3 is 5.97 Å². The largest absolute Gasteiger partial charge is 0.493 e. The number of piperazine rings is 1. The van der Waals surface area contributed by atoms with E-state index < -0.39 is 5.97 Å². The lowest BCUT2D eigenvalue weighted by molar-refractivity contribution is -0.132. The van der Waals surface area contributed by atoms with E-state index in [-0.39, 0.29) is 11.5 Å². The molecule has 1 aliphatic rings. The monoisotopic (exact) mass is 368 g/mol. The molecule has 0 atom stereocenters. The SMILES string of the molecule is Cc1ccccc1OCCC(=O)N1CCN(c2ccc(C(=O)O)cc2)CC1. The van der Waals surface area contributed by atoms with Crippen LogP contribution in [0.4, 0.5) is 5.69 Å². The van der Waals surface area contributed by atoms with E-state index in [0.29, 0.717) is 26.1 Å². The van der Waals surface area contributed by atoms with Gasteiger partial charge in [-0.25, -0.2) is 4.79 Å². The number of rotatable bonds is 6. The Morgan fingerprint density at radius 3 is 2.30 bits per heavy atom. The third kappa shape index (κ3) is 4.78. The predicted octanol–water partition coefficient (Wildman–Crippen LogP) is 2.81. The lowest BCUT2D eigenvalue weighted by Crippen LogP contribution is -2.49. The number of carbonyl (C=O) groups excluding carboxylic acids is 1. The van der Waals surface area contributed by atoms with E-state index in [4.69, 9.17) is 9.84 Å². The maximum Gasteiger partial charge on any atom is 0.335 e. The molecule has 1 N–H and O–H groups in total. The Balaban J connectivity index is 1.45. The highest BCUT2D eigenvalue weighted by Crippen LogP contribution is 2.19. The number of carbonyl (C=O) groups is 2. The van der Waals surface area contributed by atoms with Gasteiger partial charge < -0.3 is 19.6 Å². The third-order valence-corrected chi connectivity index (χ3v) is 4.78. The molecular weight excluding hydrogens is 344 g/mol. The van der Waals surface area contributed by atoms with Gasteiger partial charge in [0.15, 0.2) is 0 Å². The molecule has 0 spiro atoms. The predicted molar refractivity (Wildman–Crippen MR) is 103 cm³/mol. The molecule has 0 unspecified atom stereocenters. The van der Waals surface area contributed by atoms with Crippen molar-refractivity contribution in [3.63, 3.8) is 0 Å². The number of para-hydroxylation sites is 1. The summed E-state index contributed by atoms with van der Waals surface area (Å²) in [5.41, 5.74) is 2.32. The van der Waals surface area contributed by atoms with Crippen LogP contribution in [0.15, 0.2) is 48.5 Å². The number of carboxylic acid groups (broad SMARTS) is 1. The molecule has 0 bridgehead atoms. The Bertz CT molecular complexity index is 796. The normalized spacial score (nSPS) is 14.1. The second kappa shape index (κ2) is 8.58. The van der Waals surface area contributed by atoms with Crippen molar-refractivity contribution in [2.24, 2.45) is 0 Å². The first-order chi connectivity index (χ1) is 13.0. The first-order valence-electron chi connectivity index (χ1n) is 9.09. The van der Waals surface area contributed by atoms with Gasteiger partial charge in [-0.1, -0.05) is 18.2 Å². The number of benzene rings is 2. The summed E-state index contributed by atoms with van der Waals surface area (Å²) in [6.45, 7) is 5.14. The third-order valence-electron chi connectivity index (χ3n) is 4.78. The Kier molecular flexibility index (Phi) is 5.96. The van der Waals surface area contributed by atoms with Crippen molar-refractivity contribution in [2.45, 2.75) is 13.3 Å². The van der Waals surface area contributed by atoms with Crippen LogP contribution in [0.1, 0.15) is 22.3 Å². The van der Waals surface area contributed by atoms with Crippen LogP contribution in [-0.2, 0) is 4.79 Å². The average Bonchev–Trinajstić information content (AvgIpc) is 2.69. The number of aryl methyl sites for hydroxylation is 1. The van der Waals surface area contributed by atoms with E-state index in [2.05, 4.69) is 4.90 Å². The van der Waals surface area contributed by atoms with E-state index in [1.165, 1.54) is 0 Å². The Morgan fingerprint density at radius 1 is 1.00 bits per heavy atom. The van der Waals surface area contributed by atoms with Crippen molar-refractivity contribution in [3.05, 3.63) is 59.7 Å². The summed E-state index contributed by atoms with van der Waals surface area (Å²) < 4.78 is 5.71. The first-order valence-corrected chi connectivity index (χ1v) is 9.09. The molecule has 2 aromatic carbocycles. The molecule has 6 heteroatoms. The molecule has 1 saturated heterocycles. The van der Waals surface area contributed by atoms with Crippen LogP contribution in [0.3, 0.4) is 0 Å². The number of carboxylic acids is 1. The van der Waals surface area contributed by atoms with Crippen LogP contribution in [0, 0.1) is 6.92 Å². The van der Waals surface area contributed by atoms with Gasteiger partial charge in [-0.15, -0.1) is 0 Å². The number of aromatic carboxylic acids is 1. The summed E-state index contributed by atoms with van der Waals surface area (Å²) in [7, 11) is 0. The minimum Gasteiger partial charge on any atom is -0.493 e. The number of hydrogen-bond donors (Lipinski definition) is 1. The van der Waals surface area contributed by atoms with Crippen LogP contribution in [0.5, 0.6) is 5.75 Å². The summed E-state index contributed by atoms with van der Waals surface area (Å²) in [6.07, 6.45) is 0.363. The lowest BCUT2D eigenvalue weighted by atomic mass is 10.2. The molecule has 1 aliphatic heterocycles. The van der Waals surface area contributed by atoms with Crippen molar-refractivity contribution < 1.29 is 19.4 Å². The number of amides is 1. The van der Waals surface area contributed by atoms with Crippen LogP contribution in [0.25, 0.3) is 0 Å². The molecular formula is C21H24N2O4. The van der Waals surface area contributed by atoms with Gasteiger partial charge in [-0.3, -0.25) is 4.79 Å². The quantitative estimate of drug-likeness (QED) is 0.849. The zero-order chi connectivity index (χ0) is 19.2. The summed E-state index contributed by atoms with van der Waals surface area (Å²) in [6, 6.07) is 14.6. The van der Waals surface area contributed by atoms with Gasteiger partial charge in [0.2, 0.25) is 5.91 Å². The Labute approximate surface area is 159 Å². The maximum absolute atomic E-state index is 12.4. The van der Waals surface area contributed by atoms with E-state index >= 15 is 0 Å². The van der Waals surface area contributed by atoms with E-state index in [0.717, 1.165) is 30.1 Å². The van der Waals surface area contributed by atoms with Crippen molar-refractivity contribution >= 4 is 17.6 Å². The number of anilines is 1. The smallest absolute Gasteiger partial charge is 0.335 e. The summed E-state index contributed by atoms with van der Waals surface area (Å²) in [5, 5.41) is 8.97. The van der Waals surface area contributed by atoms with Gasteiger partial charge in [0.05, 0.1) is 18.6 Å². The molecule has 1 fully saturated rings. The Hall–Kier alpha value is -3.02. The average molecular weight is 368 g/mol. The zero-order valence-corrected chi connectivity index (χ0v) is 15.4. The minimum absolute atomic E-state index is 0.101. The standard InChI is InChI=1S/C21H24N2O4/c1-16-4-2-3-5-19(16)27-15-10-20(24)23-13-11-22(12-14-23)18-8-6-17(7-9-18)21(25)26/h2-9H,10-15H2,1H3,(H,25,26). The van der Waals surface area contributed by atoms with E-state index in [1.54, 1.807) is 12.1 Å². The second-order valence-electron chi connectivity index (χ2n) is 6.58. The summed E-state index contributed by atoms with van der Waals surface area (Å²) in [4.78, 5) is 27.4. The first kappa shape index (κ1) is 18.8. The van der Waals surface area contributed by atoms with Crippen molar-refractivity contribution in [1.29, 1.82) is 0 Å². The molecule has 142 valence electrons. The molecule has 3 rings (SSSR count). The maximum atomic E-state index is 12.4. The zero-order valence-electron chi connectivity index (χ0n) is 15.4. The van der Waals surface area contributed by atoms with Gasteiger partial charge in [-0.2, -0.15) is 0 Å². The topological polar surface area (TPSA) is 70.1 Å². The highest BCUT2D eigenvalue weighted by atomic mass is 16.5. The molecule has 2 aromatic rings. The highest BCUT2D eigenvalue weighted by Gasteiger charge is 2.21. The van der Waals surface area contributed by atoms with Gasteiger partial charge in [-0.05, 0) is 42.8 Å². The fourth-order valence-electron chi connectivity index (χ4n) is 3.15. The fourth-order valence-corrected chi connectivity index (χ4v) is 3.15. The fraction of sp³-hybridized carbons (Fsp3) is 0.333.